The largest absolute Gasteiger partial charge is 0.350 e. The van der Waals surface area contributed by atoms with Crippen molar-refractivity contribution in [3.63, 3.8) is 0 Å². The number of halogens is 1. The Bertz CT molecular complexity index is 1120. The molecular weight excluding hydrogens is 425 g/mol. The van der Waals surface area contributed by atoms with E-state index in [1.165, 1.54) is 3.97 Å². The Morgan fingerprint density at radius 2 is 1.83 bits per heavy atom. The number of aromatic nitrogens is 1. The van der Waals surface area contributed by atoms with Crippen LogP contribution in [-0.2, 0) is 14.5 Å². The highest BCUT2D eigenvalue weighted by atomic mass is 35.5. The van der Waals surface area contributed by atoms with Gasteiger partial charge in [-0.05, 0) is 38.5 Å². The molecule has 1 unspecified atom stereocenters. The van der Waals surface area contributed by atoms with E-state index >= 15 is 0 Å². The highest BCUT2D eigenvalue weighted by Gasteiger charge is 2.28. The van der Waals surface area contributed by atoms with E-state index in [0.717, 1.165) is 22.4 Å². The van der Waals surface area contributed by atoms with Crippen LogP contribution in [0.1, 0.15) is 26.0 Å². The third-order valence-electron chi connectivity index (χ3n) is 4.52. The summed E-state index contributed by atoms with van der Waals surface area (Å²) in [6.07, 6.45) is 4.37. The molecule has 0 spiro atoms. The molecule has 1 atom stereocenters. The lowest BCUT2D eigenvalue weighted by molar-refractivity contribution is 0.388. The summed E-state index contributed by atoms with van der Waals surface area (Å²) in [6.45, 7) is 6.31. The van der Waals surface area contributed by atoms with Crippen LogP contribution in [0.15, 0.2) is 60.7 Å². The summed E-state index contributed by atoms with van der Waals surface area (Å²) < 4.78 is 34.0. The zero-order valence-electron chi connectivity index (χ0n) is 16.8. The molecule has 0 radical (unpaired) electrons. The van der Waals surface area contributed by atoms with Crippen LogP contribution in [0.4, 0.5) is 0 Å². The zero-order valence-corrected chi connectivity index (χ0v) is 19.3. The molecule has 29 heavy (non-hydrogen) atoms. The Balaban J connectivity index is 2.29. The van der Waals surface area contributed by atoms with Gasteiger partial charge >= 0.3 is 0 Å². The van der Waals surface area contributed by atoms with Gasteiger partial charge in [-0.3, -0.25) is 0 Å². The molecule has 154 valence electrons. The second-order valence-corrected chi connectivity index (χ2v) is 10.7. The predicted molar refractivity (Wildman–Crippen MR) is 125 cm³/mol. The molecule has 4 nitrogen and oxygen atoms in total. The van der Waals surface area contributed by atoms with Crippen molar-refractivity contribution in [1.82, 2.24) is 3.97 Å². The lowest BCUT2D eigenvalue weighted by Gasteiger charge is -2.18. The van der Waals surface area contributed by atoms with Gasteiger partial charge in [0.1, 0.15) is 0 Å². The fourth-order valence-corrected chi connectivity index (χ4v) is 7.12. The molecule has 0 fully saturated rings. The van der Waals surface area contributed by atoms with Crippen LogP contribution < -0.4 is 10.6 Å². The van der Waals surface area contributed by atoms with Crippen molar-refractivity contribution >= 4 is 51.3 Å². The van der Waals surface area contributed by atoms with E-state index in [0.29, 0.717) is 22.8 Å². The molecule has 0 aliphatic heterocycles. The van der Waals surface area contributed by atoms with Gasteiger partial charge in [0.05, 0.1) is 19.4 Å². The average Bonchev–Trinajstić information content (AvgIpc) is 2.98. The SMILES string of the molecule is CC/C=C\CS(=O)(=O)n1c(C)c(P(OCC)c2ccccc2)c2cc(Cl)ccc21. The predicted octanol–water partition coefficient (Wildman–Crippen LogP) is 5.13. The first-order valence-corrected chi connectivity index (χ1v) is 12.8. The molecule has 0 bridgehead atoms. The van der Waals surface area contributed by atoms with Crippen LogP contribution in [0.2, 0.25) is 5.02 Å². The van der Waals surface area contributed by atoms with E-state index in [1.54, 1.807) is 18.2 Å². The number of rotatable bonds is 8. The van der Waals surface area contributed by atoms with Crippen LogP contribution in [0.3, 0.4) is 0 Å². The van der Waals surface area contributed by atoms with Gasteiger partial charge in [-0.2, -0.15) is 0 Å². The van der Waals surface area contributed by atoms with E-state index in [2.05, 4.69) is 0 Å². The molecule has 0 amide bonds. The maximum Gasteiger partial charge on any atom is 0.242 e. The number of hydrogen-bond acceptors (Lipinski definition) is 3. The Hall–Kier alpha value is -1.65. The molecule has 3 rings (SSSR count). The maximum absolute atomic E-state index is 13.2. The third-order valence-corrected chi connectivity index (χ3v) is 8.65. The van der Waals surface area contributed by atoms with Gasteiger partial charge in [-0.1, -0.05) is 61.0 Å². The summed E-state index contributed by atoms with van der Waals surface area (Å²) in [4.78, 5) is 0. The van der Waals surface area contributed by atoms with Gasteiger partial charge in [0.15, 0.2) is 0 Å². The van der Waals surface area contributed by atoms with Crippen molar-refractivity contribution in [1.29, 1.82) is 0 Å². The number of nitrogens with zero attached hydrogens (tertiary/aromatic N) is 1. The smallest absolute Gasteiger partial charge is 0.242 e. The normalized spacial score (nSPS) is 13.4. The van der Waals surface area contributed by atoms with Crippen molar-refractivity contribution in [2.75, 3.05) is 12.4 Å². The Morgan fingerprint density at radius 1 is 1.10 bits per heavy atom. The number of allylic oxidation sites excluding steroid dienone is 1. The van der Waals surface area contributed by atoms with Crippen molar-refractivity contribution in [3.8, 4) is 0 Å². The Morgan fingerprint density at radius 3 is 2.48 bits per heavy atom. The molecule has 2 aromatic carbocycles. The first-order valence-electron chi connectivity index (χ1n) is 9.57. The van der Waals surface area contributed by atoms with E-state index in [-0.39, 0.29) is 5.75 Å². The average molecular weight is 450 g/mol. The molecule has 7 heteroatoms. The highest BCUT2D eigenvalue weighted by molar-refractivity contribution is 7.90. The molecule has 0 aliphatic carbocycles. The Kier molecular flexibility index (Phi) is 7.18. The minimum absolute atomic E-state index is 0.0502. The van der Waals surface area contributed by atoms with Gasteiger partial charge in [0.25, 0.3) is 0 Å². The van der Waals surface area contributed by atoms with Crippen molar-refractivity contribution in [2.45, 2.75) is 27.2 Å². The van der Waals surface area contributed by atoms with Crippen LogP contribution >= 0.6 is 19.7 Å². The number of fused-ring (bicyclic) bond motifs is 1. The standard InChI is InChI=1S/C22H25ClNO3PS/c1-4-6-10-15-29(25,26)24-17(3)22(20-16-18(23)13-14-21(20)24)28(27-5-2)19-11-8-7-9-12-19/h6-14,16H,4-5,15H2,1-3H3/b10-6-. The van der Waals surface area contributed by atoms with Crippen molar-refractivity contribution in [3.05, 3.63) is 71.4 Å². The molecule has 3 aromatic rings. The second kappa shape index (κ2) is 9.44. The van der Waals surface area contributed by atoms with E-state index < -0.39 is 18.2 Å². The van der Waals surface area contributed by atoms with Gasteiger partial charge in [0.2, 0.25) is 10.0 Å². The maximum atomic E-state index is 13.2. The van der Waals surface area contributed by atoms with Gasteiger partial charge < -0.3 is 4.52 Å². The third kappa shape index (κ3) is 4.59. The van der Waals surface area contributed by atoms with Crippen LogP contribution in [0.25, 0.3) is 10.9 Å². The van der Waals surface area contributed by atoms with Gasteiger partial charge in [-0.15, -0.1) is 0 Å². The summed E-state index contributed by atoms with van der Waals surface area (Å²) in [5.74, 6) is -0.0502. The molecule has 1 aromatic heterocycles. The van der Waals surface area contributed by atoms with E-state index in [1.807, 2.05) is 63.2 Å². The highest BCUT2D eigenvalue weighted by Crippen LogP contribution is 2.41. The van der Waals surface area contributed by atoms with Crippen LogP contribution in [0.5, 0.6) is 0 Å². The van der Waals surface area contributed by atoms with Crippen molar-refractivity contribution in [2.24, 2.45) is 0 Å². The summed E-state index contributed by atoms with van der Waals surface area (Å²) in [5, 5.41) is 3.32. The van der Waals surface area contributed by atoms with Gasteiger partial charge in [-0.25, -0.2) is 12.4 Å². The van der Waals surface area contributed by atoms with E-state index in [4.69, 9.17) is 16.1 Å². The van der Waals surface area contributed by atoms with Crippen LogP contribution in [0, 0.1) is 6.92 Å². The number of hydrogen-bond donors (Lipinski definition) is 0. The van der Waals surface area contributed by atoms with E-state index in [9.17, 15) is 8.42 Å². The quantitative estimate of drug-likeness (QED) is 0.354. The summed E-state index contributed by atoms with van der Waals surface area (Å²) >= 11 is 6.29. The first-order chi connectivity index (χ1) is 13.9. The molecule has 0 saturated carbocycles. The van der Waals surface area contributed by atoms with Crippen LogP contribution in [-0.4, -0.2) is 24.7 Å². The summed E-state index contributed by atoms with van der Waals surface area (Å²) in [6, 6.07) is 15.3. The van der Waals surface area contributed by atoms with Crippen molar-refractivity contribution < 1.29 is 12.9 Å². The minimum Gasteiger partial charge on any atom is -0.350 e. The molecule has 0 aliphatic rings. The fourth-order valence-electron chi connectivity index (χ4n) is 3.35. The Labute approximate surface area is 179 Å². The second-order valence-electron chi connectivity index (χ2n) is 6.57. The summed E-state index contributed by atoms with van der Waals surface area (Å²) in [7, 11) is -4.76. The molecule has 1 heterocycles. The van der Waals surface area contributed by atoms with Gasteiger partial charge in [0, 0.05) is 33.3 Å². The zero-order chi connectivity index (χ0) is 21.0. The lowest BCUT2D eigenvalue weighted by atomic mass is 10.2. The number of benzene rings is 2. The molecular formula is C22H25ClNO3PS. The lowest BCUT2D eigenvalue weighted by Crippen LogP contribution is -2.21. The monoisotopic (exact) mass is 449 g/mol. The topological polar surface area (TPSA) is 48.3 Å². The first kappa shape index (κ1) is 22.0. The fraction of sp³-hybridized carbons (Fsp3) is 0.273. The minimum atomic E-state index is -3.57. The summed E-state index contributed by atoms with van der Waals surface area (Å²) in [5.41, 5.74) is 1.31. The molecule has 0 saturated heterocycles. The molecule has 0 N–H and O–H groups in total.